The van der Waals surface area contributed by atoms with Crippen molar-refractivity contribution in [2.24, 2.45) is 5.73 Å². The molecule has 0 saturated carbocycles. The summed E-state index contributed by atoms with van der Waals surface area (Å²) in [4.78, 5) is 24.9. The quantitative estimate of drug-likeness (QED) is 0.305. The van der Waals surface area contributed by atoms with E-state index in [1.54, 1.807) is 13.8 Å². The molecule has 1 aromatic carbocycles. The number of hydrogen-bond acceptors (Lipinski definition) is 9. The maximum absolute atomic E-state index is 12.8. The molecule has 0 spiro atoms. The number of hydrogen-bond donors (Lipinski definition) is 3. The topological polar surface area (TPSA) is 150 Å². The van der Waals surface area contributed by atoms with E-state index < -0.39 is 42.9 Å². The minimum Gasteiger partial charge on any atom is -0.435 e. The highest BCUT2D eigenvalue weighted by molar-refractivity contribution is 5.95. The molecule has 3 rings (SSSR count). The van der Waals surface area contributed by atoms with E-state index in [0.29, 0.717) is 5.82 Å². The van der Waals surface area contributed by atoms with E-state index in [-0.39, 0.29) is 22.9 Å². The first-order chi connectivity index (χ1) is 16.0. The lowest BCUT2D eigenvalue weighted by molar-refractivity contribution is -0.0543. The molecule has 0 aliphatic heterocycles. The molecule has 1 amide bonds. The van der Waals surface area contributed by atoms with Gasteiger partial charge in [0.15, 0.2) is 11.6 Å². The number of nitrogens with zero attached hydrogens (tertiary/aromatic N) is 5. The fourth-order valence-corrected chi connectivity index (χ4v) is 2.91. The fraction of sp³-hybridized carbons (Fsp3) is 0.316. The minimum absolute atomic E-state index is 0.114. The molecule has 0 saturated heterocycles. The van der Waals surface area contributed by atoms with Gasteiger partial charge >= 0.3 is 13.2 Å². The normalized spacial score (nSPS) is 13.1. The van der Waals surface area contributed by atoms with Crippen LogP contribution in [0.15, 0.2) is 30.6 Å². The van der Waals surface area contributed by atoms with Gasteiger partial charge in [0.05, 0.1) is 11.7 Å². The number of nitrogens with one attached hydrogen (secondary N) is 1. The summed E-state index contributed by atoms with van der Waals surface area (Å²) in [5.74, 6) is -1.17. The Morgan fingerprint density at radius 1 is 1.09 bits per heavy atom. The van der Waals surface area contributed by atoms with Crippen LogP contribution in [0.2, 0.25) is 0 Å². The third-order valence-corrected chi connectivity index (χ3v) is 4.26. The van der Waals surface area contributed by atoms with E-state index in [9.17, 15) is 27.5 Å². The number of rotatable bonds is 9. The van der Waals surface area contributed by atoms with Gasteiger partial charge in [-0.3, -0.25) is 4.79 Å². The van der Waals surface area contributed by atoms with Crippen molar-refractivity contribution in [2.45, 2.75) is 39.3 Å². The van der Waals surface area contributed by atoms with E-state index >= 15 is 0 Å². The molecule has 15 heteroatoms. The number of carbonyl (C=O) groups excluding carboxylic acids is 1. The first-order valence-corrected chi connectivity index (χ1v) is 9.58. The van der Waals surface area contributed by atoms with Gasteiger partial charge < -0.3 is 25.6 Å². The molecule has 2 aromatic heterocycles. The molecular formula is C19H19F4N7O4. The fourth-order valence-electron chi connectivity index (χ4n) is 2.91. The highest BCUT2D eigenvalue weighted by atomic mass is 19.3. The zero-order valence-electron chi connectivity index (χ0n) is 17.7. The molecule has 4 N–H and O–H groups in total. The van der Waals surface area contributed by atoms with Crippen LogP contribution in [0.4, 0.5) is 17.6 Å². The van der Waals surface area contributed by atoms with Gasteiger partial charge in [-0.2, -0.15) is 22.2 Å². The summed E-state index contributed by atoms with van der Waals surface area (Å²) in [5, 5.41) is 16.3. The molecule has 3 aromatic rings. The maximum Gasteiger partial charge on any atom is 0.387 e. The van der Waals surface area contributed by atoms with Crippen molar-refractivity contribution in [2.75, 3.05) is 0 Å². The lowest BCUT2D eigenvalue weighted by Gasteiger charge is -2.16. The van der Waals surface area contributed by atoms with Crippen molar-refractivity contribution in [3.05, 3.63) is 53.5 Å². The number of aromatic nitrogens is 5. The zero-order chi connectivity index (χ0) is 25.0. The molecule has 34 heavy (non-hydrogen) atoms. The Hall–Kier alpha value is -3.85. The van der Waals surface area contributed by atoms with E-state index in [0.717, 1.165) is 24.5 Å². The highest BCUT2D eigenvalue weighted by Crippen LogP contribution is 2.26. The van der Waals surface area contributed by atoms with Crippen LogP contribution >= 0.6 is 0 Å². The third-order valence-electron chi connectivity index (χ3n) is 4.26. The molecule has 0 aliphatic carbocycles. The number of halogens is 4. The van der Waals surface area contributed by atoms with Crippen LogP contribution < -0.4 is 20.5 Å². The number of aliphatic hydroxyl groups is 1. The standard InChI is InChI=1S/C19H19F4N7O4/c1-8(16-28-9(2)29-30(16)14-6-13(15(24)31)25-7-26-14)27-17(32)10-3-11(33-18(20)21)5-12(4-10)34-19(22)23/h3-8,15,18-19,31H,24H2,1-2H3,(H,27,32)/t8-,15?/m0/s1. The molecule has 0 aliphatic rings. The average Bonchev–Trinajstić information content (AvgIpc) is 3.14. The van der Waals surface area contributed by atoms with Crippen LogP contribution in [0.25, 0.3) is 5.82 Å². The van der Waals surface area contributed by atoms with Gasteiger partial charge in [-0.25, -0.2) is 15.0 Å². The summed E-state index contributed by atoms with van der Waals surface area (Å²) in [6.07, 6.45) is -0.205. The Balaban J connectivity index is 1.89. The first kappa shape index (κ1) is 24.8. The van der Waals surface area contributed by atoms with Crippen molar-refractivity contribution >= 4 is 5.91 Å². The molecule has 1 unspecified atom stereocenters. The van der Waals surface area contributed by atoms with E-state index in [2.05, 4.69) is 34.8 Å². The lowest BCUT2D eigenvalue weighted by atomic mass is 10.1. The Labute approximate surface area is 189 Å². The lowest BCUT2D eigenvalue weighted by Crippen LogP contribution is -2.29. The van der Waals surface area contributed by atoms with Gasteiger partial charge in [-0.1, -0.05) is 0 Å². The second-order valence-corrected chi connectivity index (χ2v) is 6.82. The predicted octanol–water partition coefficient (Wildman–Crippen LogP) is 2.01. The summed E-state index contributed by atoms with van der Waals surface area (Å²) in [7, 11) is 0. The molecule has 0 radical (unpaired) electrons. The molecule has 0 bridgehead atoms. The first-order valence-electron chi connectivity index (χ1n) is 9.58. The van der Waals surface area contributed by atoms with Gasteiger partial charge in [0.1, 0.15) is 29.9 Å². The molecule has 0 fully saturated rings. The number of benzene rings is 1. The summed E-state index contributed by atoms with van der Waals surface area (Å²) < 4.78 is 60.1. The van der Waals surface area contributed by atoms with Gasteiger partial charge in [0, 0.05) is 17.7 Å². The van der Waals surface area contributed by atoms with E-state index in [1.165, 1.54) is 10.7 Å². The summed E-state index contributed by atoms with van der Waals surface area (Å²) in [6, 6.07) is 3.24. The number of amides is 1. The Morgan fingerprint density at radius 2 is 1.71 bits per heavy atom. The SMILES string of the molecule is Cc1nc([C@H](C)NC(=O)c2cc(OC(F)F)cc(OC(F)F)c2)n(-c2cc(C(N)O)ncn2)n1. The monoisotopic (exact) mass is 485 g/mol. The zero-order valence-corrected chi connectivity index (χ0v) is 17.7. The number of aliphatic hydroxyl groups excluding tert-OH is 1. The second kappa shape index (κ2) is 10.4. The Bertz CT molecular complexity index is 1130. The molecule has 182 valence electrons. The average molecular weight is 485 g/mol. The van der Waals surface area contributed by atoms with Crippen molar-refractivity contribution in [3.63, 3.8) is 0 Å². The largest absolute Gasteiger partial charge is 0.435 e. The maximum atomic E-state index is 12.8. The number of alkyl halides is 4. The summed E-state index contributed by atoms with van der Waals surface area (Å²) in [5.41, 5.74) is 5.26. The van der Waals surface area contributed by atoms with Crippen LogP contribution in [-0.2, 0) is 0 Å². The van der Waals surface area contributed by atoms with Crippen LogP contribution in [0, 0.1) is 6.92 Å². The predicted molar refractivity (Wildman–Crippen MR) is 106 cm³/mol. The van der Waals surface area contributed by atoms with Crippen LogP contribution in [-0.4, -0.2) is 49.0 Å². The highest BCUT2D eigenvalue weighted by Gasteiger charge is 2.22. The second-order valence-electron chi connectivity index (χ2n) is 6.82. The summed E-state index contributed by atoms with van der Waals surface area (Å²) in [6.45, 7) is -3.35. The number of nitrogens with two attached hydrogens (primary N) is 1. The van der Waals surface area contributed by atoms with E-state index in [1.807, 2.05) is 0 Å². The van der Waals surface area contributed by atoms with Gasteiger partial charge in [-0.05, 0) is 26.0 Å². The third kappa shape index (κ3) is 6.14. The van der Waals surface area contributed by atoms with E-state index in [4.69, 9.17) is 5.73 Å². The Morgan fingerprint density at radius 3 is 2.26 bits per heavy atom. The number of carbonyl (C=O) groups is 1. The van der Waals surface area contributed by atoms with Gasteiger partial charge in [0.2, 0.25) is 0 Å². The number of aryl methyl sites for hydroxylation is 1. The molecule has 2 heterocycles. The van der Waals surface area contributed by atoms with Crippen LogP contribution in [0.1, 0.15) is 46.9 Å². The number of ether oxygens (including phenoxy) is 2. The van der Waals surface area contributed by atoms with Gasteiger partial charge in [-0.15, -0.1) is 5.10 Å². The van der Waals surface area contributed by atoms with Crippen LogP contribution in [0.5, 0.6) is 11.5 Å². The molecule has 2 atom stereocenters. The molecular weight excluding hydrogens is 466 g/mol. The Kier molecular flexibility index (Phi) is 7.57. The summed E-state index contributed by atoms with van der Waals surface area (Å²) >= 11 is 0. The van der Waals surface area contributed by atoms with Gasteiger partial charge in [0.25, 0.3) is 5.91 Å². The minimum atomic E-state index is -3.25. The van der Waals surface area contributed by atoms with Crippen molar-refractivity contribution in [1.82, 2.24) is 30.0 Å². The smallest absolute Gasteiger partial charge is 0.387 e. The van der Waals surface area contributed by atoms with Crippen molar-refractivity contribution < 1.29 is 36.9 Å². The van der Waals surface area contributed by atoms with Crippen LogP contribution in [0.3, 0.4) is 0 Å². The molecule has 11 nitrogen and oxygen atoms in total. The van der Waals surface area contributed by atoms with Crippen molar-refractivity contribution in [1.29, 1.82) is 0 Å². The van der Waals surface area contributed by atoms with Crippen molar-refractivity contribution in [3.8, 4) is 17.3 Å².